The van der Waals surface area contributed by atoms with Crippen molar-refractivity contribution in [2.75, 3.05) is 12.9 Å². The van der Waals surface area contributed by atoms with Gasteiger partial charge in [-0.15, -0.1) is 16.8 Å². The Balaban J connectivity index is 1.64. The number of nitrogens with zero attached hydrogens (tertiary/aromatic N) is 3. The van der Waals surface area contributed by atoms with Crippen LogP contribution in [0.3, 0.4) is 0 Å². The normalized spacial score (nSPS) is 10.6. The first-order valence-corrected chi connectivity index (χ1v) is 10.7. The van der Waals surface area contributed by atoms with Crippen LogP contribution in [0.1, 0.15) is 5.56 Å². The van der Waals surface area contributed by atoms with Gasteiger partial charge in [0, 0.05) is 28.7 Å². The number of hydrogen-bond acceptors (Lipinski definition) is 5. The Morgan fingerprint density at radius 3 is 2.72 bits per heavy atom. The number of hydrogen-bond donors (Lipinski definition) is 1. The van der Waals surface area contributed by atoms with Crippen LogP contribution in [0.5, 0.6) is 5.75 Å². The lowest BCUT2D eigenvalue weighted by Gasteiger charge is -2.10. The summed E-state index contributed by atoms with van der Waals surface area (Å²) < 4.78 is 8.26. The molecule has 0 saturated carbocycles. The summed E-state index contributed by atoms with van der Waals surface area (Å²) in [7, 11) is 1.62. The topological polar surface area (TPSA) is 69.0 Å². The summed E-state index contributed by atoms with van der Waals surface area (Å²) in [6.07, 6.45) is 1.79. The van der Waals surface area contributed by atoms with Crippen molar-refractivity contribution in [3.8, 4) is 17.1 Å². The largest absolute Gasteiger partial charge is 0.496 e. The van der Waals surface area contributed by atoms with Crippen molar-refractivity contribution >= 4 is 33.6 Å². The van der Waals surface area contributed by atoms with E-state index in [0.717, 1.165) is 27.2 Å². The molecule has 0 aliphatic rings. The van der Waals surface area contributed by atoms with E-state index in [1.165, 1.54) is 11.8 Å². The molecule has 0 unspecified atom stereocenters. The Morgan fingerprint density at radius 2 is 2.00 bits per heavy atom. The molecule has 1 aromatic heterocycles. The first-order valence-electron chi connectivity index (χ1n) is 8.93. The van der Waals surface area contributed by atoms with Crippen LogP contribution in [0.25, 0.3) is 11.4 Å². The van der Waals surface area contributed by atoms with E-state index in [-0.39, 0.29) is 11.7 Å². The summed E-state index contributed by atoms with van der Waals surface area (Å²) in [6, 6.07) is 15.5. The quantitative estimate of drug-likeness (QED) is 0.371. The predicted octanol–water partition coefficient (Wildman–Crippen LogP) is 4.31. The predicted molar refractivity (Wildman–Crippen MR) is 119 cm³/mol. The minimum atomic E-state index is -0.0840. The molecule has 3 aromatic rings. The van der Waals surface area contributed by atoms with Crippen LogP contribution in [0.2, 0.25) is 0 Å². The number of thioether (sulfide) groups is 1. The number of halogens is 1. The highest BCUT2D eigenvalue weighted by atomic mass is 79.9. The summed E-state index contributed by atoms with van der Waals surface area (Å²) in [5.74, 6) is 1.66. The minimum Gasteiger partial charge on any atom is -0.496 e. The lowest BCUT2D eigenvalue weighted by molar-refractivity contribution is -0.118. The maximum atomic E-state index is 12.3. The first kappa shape index (κ1) is 21.1. The highest BCUT2D eigenvalue weighted by Gasteiger charge is 2.15. The van der Waals surface area contributed by atoms with Crippen molar-refractivity contribution in [3.05, 3.63) is 71.2 Å². The fourth-order valence-electron chi connectivity index (χ4n) is 2.73. The minimum absolute atomic E-state index is 0.0840. The number of nitrogens with one attached hydrogen (secondary N) is 1. The molecule has 0 spiro atoms. The zero-order valence-corrected chi connectivity index (χ0v) is 18.4. The number of amides is 1. The number of carbonyl (C=O) groups excluding carboxylic acids is 1. The van der Waals surface area contributed by atoms with Crippen molar-refractivity contribution in [2.24, 2.45) is 0 Å². The lowest BCUT2D eigenvalue weighted by Crippen LogP contribution is -2.25. The van der Waals surface area contributed by atoms with Gasteiger partial charge in [-0.1, -0.05) is 64.1 Å². The van der Waals surface area contributed by atoms with Crippen LogP contribution < -0.4 is 10.1 Å². The second-order valence-electron chi connectivity index (χ2n) is 6.09. The third-order valence-electron chi connectivity index (χ3n) is 4.13. The van der Waals surface area contributed by atoms with E-state index >= 15 is 0 Å². The third kappa shape index (κ3) is 5.48. The molecule has 1 N–H and O–H groups in total. The van der Waals surface area contributed by atoms with E-state index in [2.05, 4.69) is 38.0 Å². The molecule has 3 rings (SSSR count). The number of benzene rings is 2. The van der Waals surface area contributed by atoms with Crippen LogP contribution in [0.15, 0.2) is 70.8 Å². The molecule has 8 heteroatoms. The van der Waals surface area contributed by atoms with Crippen molar-refractivity contribution in [3.63, 3.8) is 0 Å². The molecule has 0 saturated heterocycles. The number of para-hydroxylation sites is 1. The third-order valence-corrected chi connectivity index (χ3v) is 5.63. The van der Waals surface area contributed by atoms with Gasteiger partial charge in [-0.3, -0.25) is 9.36 Å². The Labute approximate surface area is 182 Å². The molecule has 2 aromatic carbocycles. The average Bonchev–Trinajstić information content (AvgIpc) is 3.14. The van der Waals surface area contributed by atoms with Gasteiger partial charge in [0.15, 0.2) is 11.0 Å². The van der Waals surface area contributed by atoms with E-state index in [1.807, 2.05) is 53.1 Å². The zero-order valence-electron chi connectivity index (χ0n) is 16.0. The van der Waals surface area contributed by atoms with Gasteiger partial charge in [0.2, 0.25) is 5.91 Å². The fraction of sp³-hybridized carbons (Fsp3) is 0.190. The molecule has 1 amide bonds. The van der Waals surface area contributed by atoms with Gasteiger partial charge in [-0.25, -0.2) is 0 Å². The Bertz CT molecular complexity index is 989. The van der Waals surface area contributed by atoms with Gasteiger partial charge < -0.3 is 10.1 Å². The standard InChI is InChI=1S/C21H21BrN4O2S/c1-3-12-26-20(15-8-10-17(22)11-9-15)24-25-21(26)29-14-19(27)23-13-16-6-4-5-7-18(16)28-2/h3-11H,1,12-14H2,2H3,(H,23,27). The van der Waals surface area contributed by atoms with E-state index in [1.54, 1.807) is 13.2 Å². The van der Waals surface area contributed by atoms with E-state index < -0.39 is 0 Å². The van der Waals surface area contributed by atoms with Crippen LogP contribution in [-0.2, 0) is 17.9 Å². The van der Waals surface area contributed by atoms with Crippen LogP contribution in [-0.4, -0.2) is 33.5 Å². The van der Waals surface area contributed by atoms with Crippen LogP contribution >= 0.6 is 27.7 Å². The van der Waals surface area contributed by atoms with E-state index in [0.29, 0.717) is 18.2 Å². The van der Waals surface area contributed by atoms with Crippen LogP contribution in [0.4, 0.5) is 0 Å². The molecule has 6 nitrogen and oxygen atoms in total. The molecule has 150 valence electrons. The lowest BCUT2D eigenvalue weighted by atomic mass is 10.2. The molecule has 29 heavy (non-hydrogen) atoms. The van der Waals surface area contributed by atoms with Gasteiger partial charge in [0.05, 0.1) is 12.9 Å². The van der Waals surface area contributed by atoms with Gasteiger partial charge in [-0.05, 0) is 18.2 Å². The average molecular weight is 473 g/mol. The summed E-state index contributed by atoms with van der Waals surface area (Å²) in [6.45, 7) is 4.78. The summed E-state index contributed by atoms with van der Waals surface area (Å²) in [5, 5.41) is 12.2. The zero-order chi connectivity index (χ0) is 20.6. The molecule has 1 heterocycles. The molecule has 0 bridgehead atoms. The van der Waals surface area contributed by atoms with Gasteiger partial charge >= 0.3 is 0 Å². The molecule has 0 fully saturated rings. The molecule has 0 aliphatic heterocycles. The molecular weight excluding hydrogens is 452 g/mol. The first-order chi connectivity index (χ1) is 14.1. The number of rotatable bonds is 9. The maximum Gasteiger partial charge on any atom is 0.230 e. The second-order valence-corrected chi connectivity index (χ2v) is 7.95. The molecule has 0 aliphatic carbocycles. The van der Waals surface area contributed by atoms with Gasteiger partial charge in [-0.2, -0.15) is 0 Å². The number of aromatic nitrogens is 3. The van der Waals surface area contributed by atoms with Gasteiger partial charge in [0.25, 0.3) is 0 Å². The number of methoxy groups -OCH3 is 1. The summed E-state index contributed by atoms with van der Waals surface area (Å²) >= 11 is 4.79. The Morgan fingerprint density at radius 1 is 1.24 bits per heavy atom. The van der Waals surface area contributed by atoms with Gasteiger partial charge in [0.1, 0.15) is 5.75 Å². The van der Waals surface area contributed by atoms with Crippen molar-refractivity contribution in [1.29, 1.82) is 0 Å². The maximum absolute atomic E-state index is 12.3. The Kier molecular flexibility index (Phi) is 7.48. The van der Waals surface area contributed by atoms with E-state index in [9.17, 15) is 4.79 Å². The SMILES string of the molecule is C=CCn1c(SCC(=O)NCc2ccccc2OC)nnc1-c1ccc(Br)cc1. The molecule has 0 atom stereocenters. The van der Waals surface area contributed by atoms with Crippen LogP contribution in [0, 0.1) is 0 Å². The van der Waals surface area contributed by atoms with Crippen molar-refractivity contribution in [2.45, 2.75) is 18.2 Å². The fourth-order valence-corrected chi connectivity index (χ4v) is 3.77. The molecule has 0 radical (unpaired) electrons. The number of allylic oxidation sites excluding steroid dienone is 1. The van der Waals surface area contributed by atoms with Crippen molar-refractivity contribution in [1.82, 2.24) is 20.1 Å². The number of carbonyl (C=O) groups is 1. The molecular formula is C21H21BrN4O2S. The highest BCUT2D eigenvalue weighted by Crippen LogP contribution is 2.25. The second kappa shape index (κ2) is 10.3. The monoisotopic (exact) mass is 472 g/mol. The van der Waals surface area contributed by atoms with Crippen molar-refractivity contribution < 1.29 is 9.53 Å². The van der Waals surface area contributed by atoms with E-state index in [4.69, 9.17) is 4.74 Å². The summed E-state index contributed by atoms with van der Waals surface area (Å²) in [4.78, 5) is 12.3. The highest BCUT2D eigenvalue weighted by molar-refractivity contribution is 9.10. The number of ether oxygens (including phenoxy) is 1. The summed E-state index contributed by atoms with van der Waals surface area (Å²) in [5.41, 5.74) is 1.88. The Hall–Kier alpha value is -2.58. The smallest absolute Gasteiger partial charge is 0.230 e.